The second-order valence-electron chi connectivity index (χ2n) is 8.23. The zero-order valence-corrected chi connectivity index (χ0v) is 18.9. The lowest BCUT2D eigenvalue weighted by Gasteiger charge is -2.36. The normalized spacial score (nSPS) is 18.4. The van der Waals surface area contributed by atoms with Crippen molar-refractivity contribution < 1.29 is 17.6 Å². The largest absolute Gasteiger partial charge is 0.366 e. The van der Waals surface area contributed by atoms with Crippen LogP contribution in [0.4, 0.5) is 10.1 Å². The van der Waals surface area contributed by atoms with Crippen LogP contribution in [0.15, 0.2) is 35.2 Å². The number of para-hydroxylation sites is 1. The van der Waals surface area contributed by atoms with Gasteiger partial charge in [0.25, 0.3) is 5.91 Å². The lowest BCUT2D eigenvalue weighted by molar-refractivity contribution is 0.0736. The predicted molar refractivity (Wildman–Crippen MR) is 117 cm³/mol. The van der Waals surface area contributed by atoms with Gasteiger partial charge in [-0.25, -0.2) is 12.8 Å². The molecular formula is C22H29FN4O3S. The van der Waals surface area contributed by atoms with Crippen LogP contribution in [0.25, 0.3) is 0 Å². The van der Waals surface area contributed by atoms with Crippen LogP contribution >= 0.6 is 0 Å². The minimum Gasteiger partial charge on any atom is -0.366 e. The average molecular weight is 449 g/mol. The number of piperazine rings is 1. The molecule has 0 aliphatic carbocycles. The molecule has 2 aliphatic heterocycles. The first kappa shape index (κ1) is 21.8. The van der Waals surface area contributed by atoms with Gasteiger partial charge >= 0.3 is 0 Å². The van der Waals surface area contributed by atoms with Gasteiger partial charge in [-0.1, -0.05) is 18.6 Å². The number of nitrogens with zero attached hydrogens (tertiary/aromatic N) is 4. The number of hydrogen-bond donors (Lipinski definition) is 0. The third-order valence-electron chi connectivity index (χ3n) is 6.40. The van der Waals surface area contributed by atoms with Crippen molar-refractivity contribution in [2.24, 2.45) is 7.05 Å². The topological polar surface area (TPSA) is 65.9 Å². The Morgan fingerprint density at radius 3 is 2.26 bits per heavy atom. The highest BCUT2D eigenvalue weighted by molar-refractivity contribution is 7.89. The second-order valence-corrected chi connectivity index (χ2v) is 10.1. The average Bonchev–Trinajstić information content (AvgIpc) is 3.09. The van der Waals surface area contributed by atoms with E-state index in [9.17, 15) is 17.6 Å². The molecule has 2 aromatic rings. The Labute approximate surface area is 183 Å². The van der Waals surface area contributed by atoms with Crippen LogP contribution in [0.1, 0.15) is 35.4 Å². The van der Waals surface area contributed by atoms with E-state index in [-0.39, 0.29) is 16.6 Å². The molecule has 0 N–H and O–H groups in total. The minimum atomic E-state index is -3.62. The summed E-state index contributed by atoms with van der Waals surface area (Å²) in [7, 11) is -1.89. The van der Waals surface area contributed by atoms with Crippen LogP contribution < -0.4 is 4.90 Å². The van der Waals surface area contributed by atoms with E-state index < -0.39 is 10.0 Å². The number of amides is 1. The Morgan fingerprint density at radius 2 is 1.61 bits per heavy atom. The van der Waals surface area contributed by atoms with E-state index in [4.69, 9.17) is 0 Å². The smallest absolute Gasteiger partial charge is 0.270 e. The molecule has 0 bridgehead atoms. The Bertz CT molecular complexity index is 1070. The van der Waals surface area contributed by atoms with Crippen molar-refractivity contribution in [1.82, 2.24) is 13.8 Å². The summed E-state index contributed by atoms with van der Waals surface area (Å²) in [6.07, 6.45) is 2.77. The van der Waals surface area contributed by atoms with Gasteiger partial charge in [0, 0.05) is 52.0 Å². The summed E-state index contributed by atoms with van der Waals surface area (Å²) in [6.45, 7) is 4.74. The third-order valence-corrected chi connectivity index (χ3v) is 8.41. The molecule has 31 heavy (non-hydrogen) atoms. The zero-order valence-electron chi connectivity index (χ0n) is 18.1. The van der Waals surface area contributed by atoms with Gasteiger partial charge in [0.2, 0.25) is 10.0 Å². The molecule has 4 rings (SSSR count). The number of aromatic nitrogens is 1. The molecule has 2 saturated heterocycles. The Morgan fingerprint density at radius 1 is 0.968 bits per heavy atom. The molecule has 0 atom stereocenters. The fourth-order valence-electron chi connectivity index (χ4n) is 4.40. The molecule has 0 unspecified atom stereocenters. The molecule has 0 saturated carbocycles. The number of piperidine rings is 1. The van der Waals surface area contributed by atoms with Gasteiger partial charge in [-0.05, 0) is 38.0 Å². The van der Waals surface area contributed by atoms with E-state index in [1.807, 2.05) is 4.90 Å². The number of halogens is 1. The van der Waals surface area contributed by atoms with E-state index >= 15 is 0 Å². The highest BCUT2D eigenvalue weighted by Crippen LogP contribution is 2.27. The first-order chi connectivity index (χ1) is 14.8. The van der Waals surface area contributed by atoms with E-state index in [1.165, 1.54) is 16.4 Å². The van der Waals surface area contributed by atoms with E-state index in [1.54, 1.807) is 41.6 Å². The van der Waals surface area contributed by atoms with Gasteiger partial charge in [-0.15, -0.1) is 0 Å². The molecule has 0 spiro atoms. The Kier molecular flexibility index (Phi) is 6.07. The van der Waals surface area contributed by atoms with Crippen LogP contribution in [0.2, 0.25) is 0 Å². The van der Waals surface area contributed by atoms with Crippen molar-refractivity contribution in [3.8, 4) is 0 Å². The van der Waals surface area contributed by atoms with E-state index in [2.05, 4.69) is 0 Å². The molecule has 1 aromatic carbocycles. The Hall–Kier alpha value is -2.39. The summed E-state index contributed by atoms with van der Waals surface area (Å²) in [4.78, 5) is 17.1. The van der Waals surface area contributed by atoms with E-state index in [0.29, 0.717) is 56.3 Å². The van der Waals surface area contributed by atoms with Crippen LogP contribution in [-0.4, -0.2) is 67.4 Å². The molecule has 2 fully saturated rings. The molecule has 0 radical (unpaired) electrons. The summed E-state index contributed by atoms with van der Waals surface area (Å²) in [5.74, 6) is -0.466. The maximum atomic E-state index is 14.1. The van der Waals surface area contributed by atoms with Crippen LogP contribution in [0.5, 0.6) is 0 Å². The number of rotatable bonds is 4. The number of anilines is 1. The van der Waals surface area contributed by atoms with Gasteiger partial charge in [-0.2, -0.15) is 4.31 Å². The molecule has 9 heteroatoms. The van der Waals surface area contributed by atoms with Crippen molar-refractivity contribution in [2.45, 2.75) is 31.1 Å². The quantitative estimate of drug-likeness (QED) is 0.721. The number of carbonyl (C=O) groups excluding carboxylic acids is 1. The summed E-state index contributed by atoms with van der Waals surface area (Å²) >= 11 is 0. The lowest BCUT2D eigenvalue weighted by atomic mass is 10.2. The standard InChI is InChI=1S/C22H29FN4O3S/c1-17-21(31(29,30)27-10-6-3-7-11-27)16-20(24(17)2)22(28)26-14-12-25(13-15-26)19-9-5-4-8-18(19)23/h4-5,8-9,16H,3,6-7,10-15H2,1-2H3. The zero-order chi connectivity index (χ0) is 22.2. The van der Waals surface area contributed by atoms with Crippen molar-refractivity contribution in [3.05, 3.63) is 47.5 Å². The second kappa shape index (κ2) is 8.63. The third kappa shape index (κ3) is 4.08. The fourth-order valence-corrected chi connectivity index (χ4v) is 6.19. The number of benzene rings is 1. The van der Waals surface area contributed by atoms with Crippen LogP contribution in [0.3, 0.4) is 0 Å². The van der Waals surface area contributed by atoms with E-state index in [0.717, 1.165) is 19.3 Å². The molecule has 1 aromatic heterocycles. The molecular weight excluding hydrogens is 419 g/mol. The lowest BCUT2D eigenvalue weighted by Crippen LogP contribution is -2.49. The van der Waals surface area contributed by atoms with Gasteiger partial charge in [0.05, 0.1) is 5.69 Å². The SMILES string of the molecule is Cc1c(S(=O)(=O)N2CCCCC2)cc(C(=O)N2CCN(c3ccccc3F)CC2)n1C. The van der Waals surface area contributed by atoms with Gasteiger partial charge in [-0.3, -0.25) is 4.79 Å². The highest BCUT2D eigenvalue weighted by atomic mass is 32.2. The van der Waals surface area contributed by atoms with Crippen molar-refractivity contribution in [2.75, 3.05) is 44.2 Å². The van der Waals surface area contributed by atoms with Crippen LogP contribution in [0, 0.1) is 12.7 Å². The Balaban J connectivity index is 1.51. The van der Waals surface area contributed by atoms with Crippen LogP contribution in [-0.2, 0) is 17.1 Å². The first-order valence-corrected chi connectivity index (χ1v) is 12.2. The molecule has 7 nitrogen and oxygen atoms in total. The van der Waals surface area contributed by atoms with Crippen molar-refractivity contribution in [3.63, 3.8) is 0 Å². The molecule has 2 aliphatic rings. The summed E-state index contributed by atoms with van der Waals surface area (Å²) in [6, 6.07) is 8.15. The number of hydrogen-bond acceptors (Lipinski definition) is 4. The van der Waals surface area contributed by atoms with Gasteiger partial charge < -0.3 is 14.4 Å². The number of carbonyl (C=O) groups is 1. The summed E-state index contributed by atoms with van der Waals surface area (Å²) < 4.78 is 43.6. The molecule has 3 heterocycles. The first-order valence-electron chi connectivity index (χ1n) is 10.8. The van der Waals surface area contributed by atoms with Crippen molar-refractivity contribution >= 4 is 21.6 Å². The molecule has 168 valence electrons. The monoisotopic (exact) mass is 448 g/mol. The summed E-state index contributed by atoms with van der Waals surface area (Å²) in [5, 5.41) is 0. The summed E-state index contributed by atoms with van der Waals surface area (Å²) in [5.41, 5.74) is 1.48. The molecule has 1 amide bonds. The maximum absolute atomic E-state index is 14.1. The number of sulfonamides is 1. The fraction of sp³-hybridized carbons (Fsp3) is 0.500. The van der Waals surface area contributed by atoms with Crippen molar-refractivity contribution in [1.29, 1.82) is 0 Å². The maximum Gasteiger partial charge on any atom is 0.270 e. The predicted octanol–water partition coefficient (Wildman–Crippen LogP) is 2.61. The highest BCUT2D eigenvalue weighted by Gasteiger charge is 2.32. The minimum absolute atomic E-state index is 0.195. The van der Waals surface area contributed by atoms with Gasteiger partial charge in [0.1, 0.15) is 16.4 Å². The van der Waals surface area contributed by atoms with Gasteiger partial charge in [0.15, 0.2) is 0 Å².